The lowest BCUT2D eigenvalue weighted by molar-refractivity contribution is -0.982. The van der Waals surface area contributed by atoms with Gasteiger partial charge < -0.3 is 9.47 Å². The summed E-state index contributed by atoms with van der Waals surface area (Å²) in [6, 6.07) is 1.31. The van der Waals surface area contributed by atoms with E-state index in [2.05, 4.69) is 14.5 Å². The number of halogens is 4. The van der Waals surface area contributed by atoms with Crippen molar-refractivity contribution in [2.75, 3.05) is 20.3 Å². The van der Waals surface area contributed by atoms with Crippen molar-refractivity contribution in [1.82, 2.24) is 0 Å². The lowest BCUT2D eigenvalue weighted by atomic mass is 9.96. The molecule has 0 amide bonds. The number of carbonyl (C=O) groups is 1. The van der Waals surface area contributed by atoms with Crippen molar-refractivity contribution < 1.29 is 57.3 Å². The van der Waals surface area contributed by atoms with E-state index in [-0.39, 0.29) is 21.4 Å². The van der Waals surface area contributed by atoms with Crippen LogP contribution in [0.25, 0.3) is 6.08 Å². The number of fused-ring (bicyclic) bond motifs is 1. The molecular weight excluding hydrogens is 469 g/mol. The molecule has 11 nitrogen and oxygen atoms in total. The maximum Gasteiger partial charge on any atom is 0.477 e. The van der Waals surface area contributed by atoms with Gasteiger partial charge in [0.2, 0.25) is 19.3 Å². The molecule has 1 N–H and O–H groups in total. The highest BCUT2D eigenvalue weighted by Gasteiger charge is 2.49. The molecule has 0 saturated carbocycles. The van der Waals surface area contributed by atoms with E-state index in [1.807, 2.05) is 0 Å². The number of ether oxygens (including phenoxy) is 2. The van der Waals surface area contributed by atoms with Crippen LogP contribution in [0, 0.1) is 23.7 Å². The number of nitrogens with zero attached hydrogens (tertiary/aromatic N) is 2. The van der Waals surface area contributed by atoms with Gasteiger partial charge >= 0.3 is 22.3 Å². The summed E-state index contributed by atoms with van der Waals surface area (Å²) < 4.78 is 50.8. The Balaban J connectivity index is 2.38. The van der Waals surface area contributed by atoms with Gasteiger partial charge in [-0.05, 0) is 37.1 Å². The molecule has 0 radical (unpaired) electrons. The molecule has 0 bridgehead atoms. The third kappa shape index (κ3) is 5.90. The fourth-order valence-electron chi connectivity index (χ4n) is 2.72. The molecule has 1 heterocycles. The predicted molar refractivity (Wildman–Crippen MR) is 97.2 cm³/mol. The first-order valence-electron chi connectivity index (χ1n) is 8.74. The van der Waals surface area contributed by atoms with Crippen LogP contribution < -0.4 is 4.74 Å². The molecule has 1 aromatic rings. The summed E-state index contributed by atoms with van der Waals surface area (Å²) in [4.78, 5) is 47.0. The van der Waals surface area contributed by atoms with Crippen molar-refractivity contribution in [1.29, 1.82) is 0 Å². The highest BCUT2D eigenvalue weighted by Crippen LogP contribution is 2.41. The minimum atomic E-state index is -4.99. The monoisotopic (exact) mass is 486 g/mol. The van der Waals surface area contributed by atoms with Crippen molar-refractivity contribution in [3.05, 3.63) is 43.2 Å². The Labute approximate surface area is 183 Å². The van der Waals surface area contributed by atoms with Crippen molar-refractivity contribution in [3.63, 3.8) is 0 Å². The zero-order chi connectivity index (χ0) is 24.2. The molecule has 176 valence electrons. The van der Waals surface area contributed by atoms with Gasteiger partial charge in [-0.25, -0.2) is 10.0 Å². The van der Waals surface area contributed by atoms with Crippen LogP contribution in [0.1, 0.15) is 16.7 Å². The zero-order valence-corrected chi connectivity index (χ0v) is 17.6. The molecule has 1 aromatic carbocycles. The number of esters is 1. The molecule has 0 spiro atoms. The summed E-state index contributed by atoms with van der Waals surface area (Å²) in [7, 11) is 0.947. The van der Waals surface area contributed by atoms with Crippen LogP contribution in [0.2, 0.25) is 5.02 Å². The van der Waals surface area contributed by atoms with E-state index in [1.54, 1.807) is 6.92 Å². The van der Waals surface area contributed by atoms with Crippen LogP contribution in [0.15, 0.2) is 11.6 Å². The van der Waals surface area contributed by atoms with E-state index in [0.717, 1.165) is 13.2 Å². The maximum atomic E-state index is 13.6. The van der Waals surface area contributed by atoms with Crippen molar-refractivity contribution >= 4 is 23.6 Å². The summed E-state index contributed by atoms with van der Waals surface area (Å²) in [6.45, 7) is 1.46. The summed E-state index contributed by atoms with van der Waals surface area (Å²) in [5, 5.41) is 7.44. The Bertz CT molecular complexity index is 952. The Morgan fingerprint density at radius 3 is 2.47 bits per heavy atom. The summed E-state index contributed by atoms with van der Waals surface area (Å²) >= 11 is 6.15. The number of benzene rings is 1. The van der Waals surface area contributed by atoms with E-state index in [4.69, 9.17) is 26.3 Å². The standard InChI is InChI=1S/C17H18ClF3N2O9/c1-8-4-13-11(9(2)14(8)18)5-12(15(32-13)17(19,20)21)16(24)31-10(6-29-22(25)26)7-30-23(27)28-3/h4-5,10,15H,6-7H2,1-3H3,(H,25,26)/q+2. The van der Waals surface area contributed by atoms with E-state index < -0.39 is 48.2 Å². The van der Waals surface area contributed by atoms with Crippen LogP contribution in [0.4, 0.5) is 13.2 Å². The fourth-order valence-corrected chi connectivity index (χ4v) is 2.88. The second kappa shape index (κ2) is 9.89. The molecule has 2 atom stereocenters. The van der Waals surface area contributed by atoms with E-state index in [1.165, 1.54) is 13.0 Å². The average Bonchev–Trinajstić information content (AvgIpc) is 2.72. The zero-order valence-electron chi connectivity index (χ0n) is 16.8. The average molecular weight is 487 g/mol. The number of rotatable bonds is 9. The van der Waals surface area contributed by atoms with E-state index in [9.17, 15) is 27.8 Å². The van der Waals surface area contributed by atoms with Crippen LogP contribution in [0.5, 0.6) is 5.75 Å². The Morgan fingerprint density at radius 2 is 1.91 bits per heavy atom. The van der Waals surface area contributed by atoms with Crippen molar-refractivity contribution in [2.24, 2.45) is 0 Å². The normalized spacial score (nSPS) is 16.1. The van der Waals surface area contributed by atoms with Crippen LogP contribution in [0.3, 0.4) is 0 Å². The van der Waals surface area contributed by atoms with E-state index >= 15 is 0 Å². The first kappa shape index (κ1) is 25.0. The second-order valence-electron chi connectivity index (χ2n) is 6.45. The minimum Gasteiger partial charge on any atom is -0.475 e. The molecule has 15 heteroatoms. The number of hydrogen-bond donors (Lipinski definition) is 1. The Kier molecular flexibility index (Phi) is 7.72. The number of aryl methyl sites for hydroxylation is 1. The number of alkyl halides is 3. The molecule has 2 unspecified atom stereocenters. The molecule has 0 fully saturated rings. The SMILES string of the molecule is CO[N+](=O)OCC(CO[N+](=O)O)OC(=O)C1=Cc2c(cc(C)c(Cl)c2C)OC1C(F)(F)F. The molecule has 32 heavy (non-hydrogen) atoms. The largest absolute Gasteiger partial charge is 0.477 e. The van der Waals surface area contributed by atoms with Gasteiger partial charge in [0.15, 0.2) is 13.2 Å². The van der Waals surface area contributed by atoms with Gasteiger partial charge in [-0.15, -0.1) is 0 Å². The quantitative estimate of drug-likeness (QED) is 0.414. The second-order valence-corrected chi connectivity index (χ2v) is 6.82. The third-order valence-corrected chi connectivity index (χ3v) is 4.79. The highest BCUT2D eigenvalue weighted by atomic mass is 35.5. The summed E-state index contributed by atoms with van der Waals surface area (Å²) in [5.41, 5.74) is 0.0688. The fraction of sp³-hybridized carbons (Fsp3) is 0.471. The summed E-state index contributed by atoms with van der Waals surface area (Å²) in [5.74, 6) is -1.63. The van der Waals surface area contributed by atoms with E-state index in [0.29, 0.717) is 11.1 Å². The van der Waals surface area contributed by atoms with Crippen molar-refractivity contribution in [3.8, 4) is 5.75 Å². The van der Waals surface area contributed by atoms with Gasteiger partial charge in [0.05, 0.1) is 5.57 Å². The van der Waals surface area contributed by atoms with Crippen LogP contribution in [-0.2, 0) is 24.0 Å². The molecule has 0 aromatic heterocycles. The molecule has 1 aliphatic heterocycles. The Morgan fingerprint density at radius 1 is 1.28 bits per heavy atom. The first-order valence-corrected chi connectivity index (χ1v) is 9.11. The lowest BCUT2D eigenvalue weighted by Gasteiger charge is -2.29. The minimum absolute atomic E-state index is 0.129. The molecule has 0 saturated heterocycles. The van der Waals surface area contributed by atoms with Gasteiger partial charge in [0, 0.05) is 10.6 Å². The number of carbonyl (C=O) groups excluding carboxylic acids is 1. The first-order chi connectivity index (χ1) is 14.8. The highest BCUT2D eigenvalue weighted by molar-refractivity contribution is 6.32. The third-order valence-electron chi connectivity index (χ3n) is 4.21. The maximum absolute atomic E-state index is 13.6. The molecular formula is C17H18ClF3N2O9+2. The topological polar surface area (TPSA) is 124 Å². The molecule has 1 aliphatic rings. The van der Waals surface area contributed by atoms with Crippen molar-refractivity contribution in [2.45, 2.75) is 32.2 Å². The Hall–Kier alpha value is -3.29. The van der Waals surface area contributed by atoms with Gasteiger partial charge in [0.25, 0.3) is 0 Å². The van der Waals surface area contributed by atoms with Gasteiger partial charge in [-0.1, -0.05) is 11.6 Å². The van der Waals surface area contributed by atoms with Gasteiger partial charge in [-0.2, -0.15) is 27.7 Å². The van der Waals surface area contributed by atoms with Gasteiger partial charge in [0.1, 0.15) is 15.6 Å². The predicted octanol–water partition coefficient (Wildman–Crippen LogP) is 2.95. The smallest absolute Gasteiger partial charge is 0.475 e. The van der Waals surface area contributed by atoms with Crippen LogP contribution >= 0.6 is 11.6 Å². The number of hydrogen-bond acceptors (Lipinski definition) is 8. The molecule has 2 rings (SSSR count). The lowest BCUT2D eigenvalue weighted by Crippen LogP contribution is -2.42. The van der Waals surface area contributed by atoms with Gasteiger partial charge in [-0.3, -0.25) is 0 Å². The summed E-state index contributed by atoms with van der Waals surface area (Å²) in [6.07, 6.45) is -8.34. The molecule has 0 aliphatic carbocycles. The van der Waals surface area contributed by atoms with Crippen LogP contribution in [-0.4, -0.2) is 60.1 Å².